The monoisotopic (exact) mass is 485 g/mol. The second-order valence-corrected chi connectivity index (χ2v) is 12.7. The van der Waals surface area contributed by atoms with E-state index in [4.69, 9.17) is 16.3 Å². The average Bonchev–Trinajstić information content (AvgIpc) is 3.16. The summed E-state index contributed by atoms with van der Waals surface area (Å²) in [5.41, 5.74) is 7.12. The van der Waals surface area contributed by atoms with Gasteiger partial charge >= 0.3 is 0 Å². The van der Waals surface area contributed by atoms with Crippen LogP contribution in [-0.4, -0.2) is 26.0 Å². The number of halogens is 1. The second kappa shape index (κ2) is 9.33. The van der Waals surface area contributed by atoms with Crippen LogP contribution in [0.25, 0.3) is 0 Å². The fourth-order valence-electron chi connectivity index (χ4n) is 9.49. The maximum Gasteiger partial charge on any atom is 0.157 e. The Bertz CT molecular complexity index is 956. The van der Waals surface area contributed by atoms with Crippen molar-refractivity contribution in [2.75, 3.05) is 31.0 Å². The summed E-state index contributed by atoms with van der Waals surface area (Å²) in [6, 6.07) is 4.15. The number of hydrogen-bond donors (Lipinski definition) is 2. The molecule has 0 spiro atoms. The van der Waals surface area contributed by atoms with E-state index in [1.54, 1.807) is 6.07 Å². The molecular weight excluding hydrogens is 441 g/mol. The van der Waals surface area contributed by atoms with E-state index in [1.165, 1.54) is 55.7 Å². The van der Waals surface area contributed by atoms with Crippen molar-refractivity contribution in [2.24, 2.45) is 52.2 Å². The van der Waals surface area contributed by atoms with Crippen LogP contribution >= 0.6 is 0 Å². The summed E-state index contributed by atoms with van der Waals surface area (Å²) in [5.74, 6) is 9.75. The van der Waals surface area contributed by atoms with Gasteiger partial charge in [0.2, 0.25) is 0 Å². The maximum atomic E-state index is 13.6. The zero-order valence-electron chi connectivity index (χ0n) is 21.8. The fourth-order valence-corrected chi connectivity index (χ4v) is 9.49. The Balaban J connectivity index is 1.33. The summed E-state index contributed by atoms with van der Waals surface area (Å²) in [4.78, 5) is 13.6. The number of hydrazine groups is 1. The molecule has 4 saturated carbocycles. The van der Waals surface area contributed by atoms with Gasteiger partial charge in [0.1, 0.15) is 5.82 Å². The number of ether oxygens (including phenoxy) is 1. The number of carbonyl (C=O) groups is 1. The first-order valence-corrected chi connectivity index (χ1v) is 13.8. The van der Waals surface area contributed by atoms with Crippen molar-refractivity contribution in [3.05, 3.63) is 24.0 Å². The third kappa shape index (κ3) is 4.09. The predicted molar refractivity (Wildman–Crippen MR) is 138 cm³/mol. The first kappa shape index (κ1) is 25.0. The lowest BCUT2D eigenvalue weighted by molar-refractivity contribution is -0.154. The maximum absolute atomic E-state index is 13.6. The molecule has 1 aromatic carbocycles. The SMILES string of the molecule is COCC12CCC(C)C[C@H]1CCC1C3CCC(C(=O)CN(N)c4ccc(F)cc4N)C3(C)CCC12. The summed E-state index contributed by atoms with van der Waals surface area (Å²) >= 11 is 0. The fraction of sp³-hybridized carbons (Fsp3) is 0.759. The van der Waals surface area contributed by atoms with Crippen LogP contribution in [0.1, 0.15) is 71.6 Å². The Kier molecular flexibility index (Phi) is 6.67. The number of ketones is 1. The third-order valence-electron chi connectivity index (χ3n) is 11.1. The van der Waals surface area contributed by atoms with Crippen LogP contribution in [0.2, 0.25) is 0 Å². The molecule has 7 unspecified atom stereocenters. The molecule has 5 nitrogen and oxygen atoms in total. The molecule has 0 heterocycles. The number of Topliss-reactive ketones (excluding diaryl/α,β-unsaturated/α-hetero) is 1. The first-order chi connectivity index (χ1) is 16.7. The van der Waals surface area contributed by atoms with Gasteiger partial charge in [0.15, 0.2) is 5.78 Å². The Morgan fingerprint density at radius 3 is 2.69 bits per heavy atom. The highest BCUT2D eigenvalue weighted by atomic mass is 19.1. The number of methoxy groups -OCH3 is 1. The number of rotatable bonds is 6. The second-order valence-electron chi connectivity index (χ2n) is 12.7. The zero-order valence-corrected chi connectivity index (χ0v) is 21.8. The van der Waals surface area contributed by atoms with Gasteiger partial charge in [0.25, 0.3) is 0 Å². The molecule has 4 N–H and O–H groups in total. The predicted octanol–water partition coefficient (Wildman–Crippen LogP) is 5.58. The van der Waals surface area contributed by atoms with Crippen molar-refractivity contribution in [1.29, 1.82) is 0 Å². The van der Waals surface area contributed by atoms with Crippen LogP contribution in [-0.2, 0) is 9.53 Å². The summed E-state index contributed by atoms with van der Waals surface area (Å²) in [6.07, 6.45) is 11.0. The summed E-state index contributed by atoms with van der Waals surface area (Å²) < 4.78 is 19.4. The lowest BCUT2D eigenvalue weighted by Gasteiger charge is -2.62. The van der Waals surface area contributed by atoms with E-state index >= 15 is 0 Å². The minimum absolute atomic E-state index is 0.0312. The van der Waals surface area contributed by atoms with Crippen molar-refractivity contribution in [3.63, 3.8) is 0 Å². The topological polar surface area (TPSA) is 81.6 Å². The molecule has 35 heavy (non-hydrogen) atoms. The van der Waals surface area contributed by atoms with E-state index in [1.807, 2.05) is 7.11 Å². The van der Waals surface area contributed by atoms with Crippen LogP contribution in [0, 0.1) is 52.2 Å². The van der Waals surface area contributed by atoms with Crippen molar-refractivity contribution in [1.82, 2.24) is 0 Å². The lowest BCUT2D eigenvalue weighted by atomic mass is 9.44. The largest absolute Gasteiger partial charge is 0.397 e. The van der Waals surface area contributed by atoms with Gasteiger partial charge in [0, 0.05) is 13.0 Å². The molecule has 0 amide bonds. The van der Waals surface area contributed by atoms with Crippen LogP contribution < -0.4 is 16.6 Å². The van der Waals surface area contributed by atoms with E-state index in [9.17, 15) is 9.18 Å². The molecule has 194 valence electrons. The smallest absolute Gasteiger partial charge is 0.157 e. The molecule has 1 aromatic rings. The number of hydrogen-bond acceptors (Lipinski definition) is 5. The van der Waals surface area contributed by atoms with Crippen LogP contribution in [0.4, 0.5) is 15.8 Å². The van der Waals surface area contributed by atoms with E-state index in [0.717, 1.165) is 43.6 Å². The highest BCUT2D eigenvalue weighted by Crippen LogP contribution is 2.68. The van der Waals surface area contributed by atoms with Crippen LogP contribution in [0.15, 0.2) is 18.2 Å². The number of carbonyl (C=O) groups excluding carboxylic acids is 1. The van der Waals surface area contributed by atoms with Gasteiger partial charge in [0.05, 0.1) is 24.5 Å². The van der Waals surface area contributed by atoms with E-state index in [-0.39, 0.29) is 29.3 Å². The van der Waals surface area contributed by atoms with Gasteiger partial charge in [-0.1, -0.05) is 20.3 Å². The number of benzene rings is 1. The molecule has 5 rings (SSSR count). The summed E-state index contributed by atoms with van der Waals surface area (Å²) in [7, 11) is 1.89. The van der Waals surface area contributed by atoms with Crippen molar-refractivity contribution >= 4 is 17.2 Å². The number of anilines is 2. The first-order valence-electron chi connectivity index (χ1n) is 13.8. The van der Waals surface area contributed by atoms with Crippen molar-refractivity contribution in [3.8, 4) is 0 Å². The summed E-state index contributed by atoms with van der Waals surface area (Å²) in [5, 5.41) is 1.40. The van der Waals surface area contributed by atoms with Gasteiger partial charge in [-0.05, 0) is 110 Å². The number of nitrogens with zero attached hydrogens (tertiary/aromatic N) is 1. The minimum Gasteiger partial charge on any atom is -0.397 e. The van der Waals surface area contributed by atoms with Crippen molar-refractivity contribution < 1.29 is 13.9 Å². The summed E-state index contributed by atoms with van der Waals surface area (Å²) in [6.45, 7) is 5.83. The van der Waals surface area contributed by atoms with Crippen LogP contribution in [0.5, 0.6) is 0 Å². The van der Waals surface area contributed by atoms with Gasteiger partial charge in [-0.3, -0.25) is 4.79 Å². The molecule has 8 atom stereocenters. The Labute approximate surface area is 210 Å². The van der Waals surface area contributed by atoms with E-state index in [0.29, 0.717) is 22.9 Å². The molecule has 0 saturated heterocycles. The highest BCUT2D eigenvalue weighted by Gasteiger charge is 2.62. The number of nitrogens with two attached hydrogens (primary N) is 2. The molecule has 4 aliphatic rings. The molecular formula is C29H44FN3O2. The normalized spacial score (nSPS) is 40.5. The van der Waals surface area contributed by atoms with Gasteiger partial charge < -0.3 is 15.5 Å². The Hall–Kier alpha value is -1.66. The standard InChI is InChI=1S/C29H44FN3O2/c1-18-10-13-29(17-35-3)19(14-18)4-6-21-22-7-8-24(28(22,2)12-11-23(21)29)27(34)16-33(32)26-9-5-20(30)15-25(26)31/h5,9,15,18-19,21-24H,4,6-8,10-14,16-17,31-32H2,1-3H3/t18?,19-,21?,22?,23?,24?,28?,29?/m1/s1. The molecule has 0 radical (unpaired) electrons. The Morgan fingerprint density at radius 2 is 1.94 bits per heavy atom. The molecule has 0 bridgehead atoms. The van der Waals surface area contributed by atoms with Gasteiger partial charge in [-0.2, -0.15) is 0 Å². The van der Waals surface area contributed by atoms with Crippen LogP contribution in [0.3, 0.4) is 0 Å². The number of nitrogen functional groups attached to an aromatic ring is 1. The molecule has 4 aliphatic carbocycles. The molecule has 4 fully saturated rings. The van der Waals surface area contributed by atoms with Gasteiger partial charge in [-0.25, -0.2) is 10.2 Å². The number of fused-ring (bicyclic) bond motifs is 5. The lowest BCUT2D eigenvalue weighted by Crippen LogP contribution is -2.56. The molecule has 0 aliphatic heterocycles. The van der Waals surface area contributed by atoms with E-state index < -0.39 is 5.82 Å². The zero-order chi connectivity index (χ0) is 25.0. The highest BCUT2D eigenvalue weighted by molar-refractivity contribution is 5.87. The average molecular weight is 486 g/mol. The van der Waals surface area contributed by atoms with Crippen molar-refractivity contribution in [2.45, 2.75) is 71.6 Å². The molecule has 0 aromatic heterocycles. The quantitative estimate of drug-likeness (QED) is 0.312. The molecule has 6 heteroatoms. The minimum atomic E-state index is -0.401. The third-order valence-corrected chi connectivity index (χ3v) is 11.1. The van der Waals surface area contributed by atoms with Gasteiger partial charge in [-0.15, -0.1) is 0 Å². The Morgan fingerprint density at radius 1 is 1.14 bits per heavy atom. The van der Waals surface area contributed by atoms with E-state index in [2.05, 4.69) is 13.8 Å².